The van der Waals surface area contributed by atoms with E-state index in [1.165, 1.54) is 0 Å². The molecular formula is C13H23N3OS. The first-order valence-corrected chi connectivity index (χ1v) is 7.26. The highest BCUT2D eigenvalue weighted by Gasteiger charge is 2.23. The van der Waals surface area contributed by atoms with E-state index in [1.54, 1.807) is 18.3 Å². The average molecular weight is 269 g/mol. The molecule has 1 aromatic rings. The third-order valence-electron chi connectivity index (χ3n) is 2.48. The summed E-state index contributed by atoms with van der Waals surface area (Å²) in [5.74, 6) is 0.760. The van der Waals surface area contributed by atoms with Gasteiger partial charge in [-0.15, -0.1) is 11.3 Å². The van der Waals surface area contributed by atoms with Gasteiger partial charge < -0.3 is 15.7 Å². The first-order chi connectivity index (χ1) is 8.60. The summed E-state index contributed by atoms with van der Waals surface area (Å²) in [6, 6.07) is 3.88. The van der Waals surface area contributed by atoms with Crippen LogP contribution in [0.25, 0.3) is 0 Å². The van der Waals surface area contributed by atoms with Gasteiger partial charge in [0, 0.05) is 18.0 Å². The van der Waals surface area contributed by atoms with Gasteiger partial charge >= 0.3 is 0 Å². The van der Waals surface area contributed by atoms with Crippen molar-refractivity contribution < 1.29 is 5.11 Å². The molecule has 0 amide bonds. The first-order valence-electron chi connectivity index (χ1n) is 6.38. The lowest BCUT2D eigenvalue weighted by molar-refractivity contribution is 0.0711. The Kier molecular flexibility index (Phi) is 6.15. The number of nitrogens with zero attached hydrogens (tertiary/aromatic N) is 1. The summed E-state index contributed by atoms with van der Waals surface area (Å²) in [6.07, 6.45) is 1.05. The third-order valence-corrected chi connectivity index (χ3v) is 3.61. The minimum absolute atomic E-state index is 0.354. The minimum atomic E-state index is -0.900. The minimum Gasteiger partial charge on any atom is -0.383 e. The molecule has 0 bridgehead atoms. The van der Waals surface area contributed by atoms with Gasteiger partial charge in [-0.2, -0.15) is 0 Å². The maximum atomic E-state index is 10.4. The molecule has 0 fully saturated rings. The highest BCUT2D eigenvalue weighted by Crippen LogP contribution is 2.25. The molecule has 1 heterocycles. The van der Waals surface area contributed by atoms with E-state index in [0.29, 0.717) is 6.54 Å². The lowest BCUT2D eigenvalue weighted by atomic mass is 10.1. The van der Waals surface area contributed by atoms with Crippen molar-refractivity contribution in [3.8, 4) is 0 Å². The van der Waals surface area contributed by atoms with Crippen molar-refractivity contribution in [3.05, 3.63) is 22.4 Å². The smallest absolute Gasteiger partial charge is 0.191 e. The number of thiophene rings is 1. The summed E-state index contributed by atoms with van der Waals surface area (Å²) in [6.45, 7) is 7.99. The van der Waals surface area contributed by atoms with Crippen LogP contribution in [0.3, 0.4) is 0 Å². The molecule has 0 aliphatic heterocycles. The number of nitrogens with one attached hydrogen (secondary N) is 2. The molecule has 18 heavy (non-hydrogen) atoms. The molecule has 0 aromatic carbocycles. The molecular weight excluding hydrogens is 246 g/mol. The van der Waals surface area contributed by atoms with Gasteiger partial charge in [0.2, 0.25) is 0 Å². The number of rotatable bonds is 6. The summed E-state index contributed by atoms with van der Waals surface area (Å²) in [7, 11) is 0. The Morgan fingerprint density at radius 1 is 1.44 bits per heavy atom. The van der Waals surface area contributed by atoms with Gasteiger partial charge in [0.25, 0.3) is 0 Å². The van der Waals surface area contributed by atoms with E-state index in [4.69, 9.17) is 0 Å². The van der Waals surface area contributed by atoms with Crippen LogP contribution >= 0.6 is 11.3 Å². The molecule has 1 aromatic heterocycles. The molecule has 5 heteroatoms. The Morgan fingerprint density at radius 2 is 2.22 bits per heavy atom. The van der Waals surface area contributed by atoms with Crippen LogP contribution in [0.2, 0.25) is 0 Å². The Bertz CT molecular complexity index is 360. The summed E-state index contributed by atoms with van der Waals surface area (Å²) in [5.41, 5.74) is -0.900. The van der Waals surface area contributed by atoms with E-state index in [-0.39, 0.29) is 0 Å². The largest absolute Gasteiger partial charge is 0.383 e. The normalized spacial score (nSPS) is 15.2. The molecule has 3 N–H and O–H groups in total. The molecule has 1 atom stereocenters. The molecule has 0 aliphatic rings. The fraction of sp³-hybridized carbons (Fsp3) is 0.615. The van der Waals surface area contributed by atoms with Crippen LogP contribution in [0.5, 0.6) is 0 Å². The van der Waals surface area contributed by atoms with Crippen molar-refractivity contribution in [1.29, 1.82) is 0 Å². The molecule has 4 nitrogen and oxygen atoms in total. The van der Waals surface area contributed by atoms with Crippen molar-refractivity contribution in [2.45, 2.75) is 32.8 Å². The van der Waals surface area contributed by atoms with E-state index in [0.717, 1.165) is 30.3 Å². The van der Waals surface area contributed by atoms with Crippen molar-refractivity contribution in [1.82, 2.24) is 10.6 Å². The van der Waals surface area contributed by atoms with E-state index < -0.39 is 5.60 Å². The van der Waals surface area contributed by atoms with Gasteiger partial charge in [-0.1, -0.05) is 13.0 Å². The van der Waals surface area contributed by atoms with Gasteiger partial charge in [0.1, 0.15) is 5.60 Å². The summed E-state index contributed by atoms with van der Waals surface area (Å²) in [5, 5.41) is 18.7. The average Bonchev–Trinajstić information content (AvgIpc) is 2.87. The van der Waals surface area contributed by atoms with E-state index >= 15 is 0 Å². The quantitative estimate of drug-likeness (QED) is 0.546. The summed E-state index contributed by atoms with van der Waals surface area (Å²) < 4.78 is 0. The molecule has 0 saturated carbocycles. The van der Waals surface area contributed by atoms with Crippen LogP contribution in [0, 0.1) is 0 Å². The molecule has 0 spiro atoms. The van der Waals surface area contributed by atoms with Crippen LogP contribution in [0.1, 0.15) is 32.1 Å². The SMILES string of the molecule is CCCNC(=NCC(C)(O)c1cccs1)NCC. The Morgan fingerprint density at radius 3 is 2.78 bits per heavy atom. The Hall–Kier alpha value is -1.07. The lowest BCUT2D eigenvalue weighted by Crippen LogP contribution is -2.39. The number of aliphatic imine (C=N–C) groups is 1. The maximum absolute atomic E-state index is 10.4. The second kappa shape index (κ2) is 7.38. The highest BCUT2D eigenvalue weighted by atomic mass is 32.1. The fourth-order valence-corrected chi connectivity index (χ4v) is 2.26. The molecule has 0 saturated heterocycles. The van der Waals surface area contributed by atoms with Gasteiger partial charge in [-0.25, -0.2) is 4.99 Å². The predicted molar refractivity (Wildman–Crippen MR) is 78.2 cm³/mol. The van der Waals surface area contributed by atoms with Gasteiger partial charge in [-0.3, -0.25) is 0 Å². The van der Waals surface area contributed by atoms with Crippen molar-refractivity contribution in [2.75, 3.05) is 19.6 Å². The second-order valence-electron chi connectivity index (χ2n) is 4.37. The van der Waals surface area contributed by atoms with Gasteiger partial charge in [0.15, 0.2) is 5.96 Å². The van der Waals surface area contributed by atoms with Crippen LogP contribution in [0.15, 0.2) is 22.5 Å². The zero-order chi connectivity index (χ0) is 13.4. The van der Waals surface area contributed by atoms with Crippen LogP contribution in [0.4, 0.5) is 0 Å². The molecule has 102 valence electrons. The number of guanidine groups is 1. The van der Waals surface area contributed by atoms with Crippen LogP contribution < -0.4 is 10.6 Å². The van der Waals surface area contributed by atoms with Crippen LogP contribution in [-0.2, 0) is 5.60 Å². The summed E-state index contributed by atoms with van der Waals surface area (Å²) >= 11 is 1.55. The standard InChI is InChI=1S/C13H23N3OS/c1-4-8-15-12(14-5-2)16-10-13(3,17)11-7-6-9-18-11/h6-7,9,17H,4-5,8,10H2,1-3H3,(H2,14,15,16). The van der Waals surface area contributed by atoms with Gasteiger partial charge in [0.05, 0.1) is 6.54 Å². The molecule has 0 radical (unpaired) electrons. The lowest BCUT2D eigenvalue weighted by Gasteiger charge is -2.20. The van der Waals surface area contributed by atoms with Gasteiger partial charge in [-0.05, 0) is 31.7 Å². The molecule has 0 aliphatic carbocycles. The van der Waals surface area contributed by atoms with Crippen molar-refractivity contribution >= 4 is 17.3 Å². The molecule has 1 rings (SSSR count). The maximum Gasteiger partial charge on any atom is 0.191 e. The fourth-order valence-electron chi connectivity index (χ4n) is 1.48. The topological polar surface area (TPSA) is 56.7 Å². The predicted octanol–water partition coefficient (Wildman–Crippen LogP) is 1.92. The monoisotopic (exact) mass is 269 g/mol. The van der Waals surface area contributed by atoms with Crippen molar-refractivity contribution in [3.63, 3.8) is 0 Å². The molecule has 1 unspecified atom stereocenters. The summed E-state index contributed by atoms with van der Waals surface area (Å²) in [4.78, 5) is 5.37. The highest BCUT2D eigenvalue weighted by molar-refractivity contribution is 7.10. The van der Waals surface area contributed by atoms with Crippen LogP contribution in [-0.4, -0.2) is 30.7 Å². The second-order valence-corrected chi connectivity index (χ2v) is 5.32. The number of hydrogen-bond donors (Lipinski definition) is 3. The first kappa shape index (κ1) is 15.0. The Balaban J connectivity index is 2.63. The van der Waals surface area contributed by atoms with Crippen molar-refractivity contribution in [2.24, 2.45) is 4.99 Å². The zero-order valence-corrected chi connectivity index (χ0v) is 12.2. The zero-order valence-electron chi connectivity index (χ0n) is 11.4. The van der Waals surface area contributed by atoms with E-state index in [1.807, 2.05) is 24.4 Å². The Labute approximate surface area is 113 Å². The van der Waals surface area contributed by atoms with E-state index in [9.17, 15) is 5.11 Å². The van der Waals surface area contributed by atoms with E-state index in [2.05, 4.69) is 22.5 Å². The number of aliphatic hydroxyl groups is 1. The number of hydrogen-bond acceptors (Lipinski definition) is 3. The third kappa shape index (κ3) is 4.66.